The summed E-state index contributed by atoms with van der Waals surface area (Å²) in [4.78, 5) is 0. The first-order valence-electron chi connectivity index (χ1n) is 8.86. The maximum atomic E-state index is 14.8. The van der Waals surface area contributed by atoms with Crippen LogP contribution in [0.15, 0.2) is 0 Å². The fourth-order valence-electron chi connectivity index (χ4n) is 3.18. The van der Waals surface area contributed by atoms with Gasteiger partial charge in [-0.15, -0.1) is 6.42 Å². The summed E-state index contributed by atoms with van der Waals surface area (Å²) < 4.78 is 88.9. The molecule has 0 spiro atoms. The highest BCUT2D eigenvalue weighted by molar-refractivity contribution is 5.08. The minimum Gasteiger partial charge on any atom is -0.375 e. The average molecular weight is 416 g/mol. The van der Waals surface area contributed by atoms with Gasteiger partial charge in [0, 0.05) is 20.0 Å². The van der Waals surface area contributed by atoms with Gasteiger partial charge in [-0.3, -0.25) is 0 Å². The molecule has 0 radical (unpaired) electrons. The van der Waals surface area contributed by atoms with E-state index in [1.165, 1.54) is 0 Å². The van der Waals surface area contributed by atoms with E-state index in [-0.39, 0.29) is 13.2 Å². The van der Waals surface area contributed by atoms with Crippen molar-refractivity contribution in [3.05, 3.63) is 0 Å². The molecule has 0 aromatic heterocycles. The molecule has 0 aromatic rings. The molecule has 4 nitrogen and oxygen atoms in total. The Labute approximate surface area is 163 Å². The molecule has 2 unspecified atom stereocenters. The van der Waals surface area contributed by atoms with E-state index in [4.69, 9.17) is 20.6 Å². The molecule has 0 aromatic carbocycles. The molecule has 0 aliphatic carbocycles. The van der Waals surface area contributed by atoms with Crippen molar-refractivity contribution in [2.45, 2.75) is 88.6 Å². The van der Waals surface area contributed by atoms with Gasteiger partial charge in [0.1, 0.15) is 12.2 Å². The molecular formula is C19H29F5O4. The molecule has 0 bridgehead atoms. The van der Waals surface area contributed by atoms with Gasteiger partial charge in [0.05, 0.1) is 17.8 Å². The summed E-state index contributed by atoms with van der Waals surface area (Å²) in [6.07, 6.45) is -0.511. The Bertz CT molecular complexity index is 577. The van der Waals surface area contributed by atoms with Gasteiger partial charge in [-0.1, -0.05) is 5.92 Å². The molecule has 28 heavy (non-hydrogen) atoms. The Morgan fingerprint density at radius 2 is 1.61 bits per heavy atom. The van der Waals surface area contributed by atoms with Crippen molar-refractivity contribution >= 4 is 0 Å². The van der Waals surface area contributed by atoms with Crippen LogP contribution in [-0.2, 0) is 18.9 Å². The van der Waals surface area contributed by atoms with Crippen LogP contribution in [0.4, 0.5) is 22.0 Å². The van der Waals surface area contributed by atoms with Gasteiger partial charge in [-0.25, -0.2) is 4.39 Å². The van der Waals surface area contributed by atoms with E-state index < -0.39 is 47.5 Å². The summed E-state index contributed by atoms with van der Waals surface area (Å²) in [5.41, 5.74) is -4.34. The second kappa shape index (κ2) is 8.05. The molecule has 2 atom stereocenters. The highest BCUT2D eigenvalue weighted by atomic mass is 19.3. The topological polar surface area (TPSA) is 36.9 Å². The van der Waals surface area contributed by atoms with Gasteiger partial charge >= 0.3 is 12.0 Å². The number of rotatable bonds is 11. The van der Waals surface area contributed by atoms with Crippen molar-refractivity contribution in [1.29, 1.82) is 0 Å². The van der Waals surface area contributed by atoms with E-state index in [9.17, 15) is 22.0 Å². The van der Waals surface area contributed by atoms with E-state index in [2.05, 4.69) is 10.7 Å². The standard InChI is InChI=1S/C19H29F5O4/c1-8-10-26-14(2,3)9-11-27-15(4,5)12-17(20)13-16(6,28-17)18(21,22)19(23,24)25-7/h1H,9-13H2,2-7H3. The Morgan fingerprint density at radius 1 is 1.07 bits per heavy atom. The van der Waals surface area contributed by atoms with E-state index in [1.54, 1.807) is 13.8 Å². The summed E-state index contributed by atoms with van der Waals surface area (Å²) in [6.45, 7) is 7.81. The van der Waals surface area contributed by atoms with Gasteiger partial charge in [-0.05, 0) is 41.0 Å². The molecule has 1 saturated heterocycles. The zero-order chi connectivity index (χ0) is 22.1. The molecule has 0 amide bonds. The Morgan fingerprint density at radius 3 is 2.07 bits per heavy atom. The summed E-state index contributed by atoms with van der Waals surface area (Å²) in [5, 5.41) is 0. The highest BCUT2D eigenvalue weighted by Crippen LogP contribution is 2.58. The smallest absolute Gasteiger partial charge is 0.375 e. The third kappa shape index (κ3) is 5.56. The molecule has 1 rings (SSSR count). The molecule has 164 valence electrons. The normalized spacial score (nSPS) is 26.6. The van der Waals surface area contributed by atoms with Crippen molar-refractivity contribution < 1.29 is 40.9 Å². The van der Waals surface area contributed by atoms with E-state index in [0.29, 0.717) is 13.5 Å². The fraction of sp³-hybridized carbons (Fsp3) is 0.895. The van der Waals surface area contributed by atoms with Crippen LogP contribution in [0.1, 0.15) is 53.9 Å². The maximum absolute atomic E-state index is 14.8. The van der Waals surface area contributed by atoms with Crippen molar-refractivity contribution in [3.63, 3.8) is 0 Å². The average Bonchev–Trinajstić information content (AvgIpc) is 2.50. The molecule has 1 aliphatic heterocycles. The quantitative estimate of drug-likeness (QED) is 0.361. The lowest BCUT2D eigenvalue weighted by Crippen LogP contribution is -2.70. The SMILES string of the molecule is C#CCOC(C)(C)CCOC(C)(C)CC1(F)CC(C)(C(F)(F)C(F)(F)OC)O1. The minimum absolute atomic E-state index is 0.136. The van der Waals surface area contributed by atoms with E-state index in [0.717, 1.165) is 6.92 Å². The predicted molar refractivity (Wildman–Crippen MR) is 93.0 cm³/mol. The second-order valence-electron chi connectivity index (χ2n) is 8.48. The van der Waals surface area contributed by atoms with Gasteiger partial charge < -0.3 is 18.9 Å². The third-order valence-electron chi connectivity index (χ3n) is 4.73. The molecule has 0 saturated carbocycles. The van der Waals surface area contributed by atoms with Crippen LogP contribution in [0.2, 0.25) is 0 Å². The molecule has 0 N–H and O–H groups in total. The monoisotopic (exact) mass is 416 g/mol. The van der Waals surface area contributed by atoms with Crippen LogP contribution in [-0.4, -0.2) is 55.0 Å². The highest BCUT2D eigenvalue weighted by Gasteiger charge is 2.76. The lowest BCUT2D eigenvalue weighted by Gasteiger charge is -2.54. The van der Waals surface area contributed by atoms with Gasteiger partial charge in [0.15, 0.2) is 0 Å². The van der Waals surface area contributed by atoms with Crippen molar-refractivity contribution in [2.24, 2.45) is 0 Å². The van der Waals surface area contributed by atoms with Gasteiger partial charge in [0.25, 0.3) is 0 Å². The zero-order valence-corrected chi connectivity index (χ0v) is 17.1. The maximum Gasteiger partial charge on any atom is 0.422 e. The van der Waals surface area contributed by atoms with Crippen LogP contribution in [0.3, 0.4) is 0 Å². The molecule has 9 heteroatoms. The van der Waals surface area contributed by atoms with Crippen LogP contribution < -0.4 is 0 Å². The summed E-state index contributed by atoms with van der Waals surface area (Å²) >= 11 is 0. The second-order valence-corrected chi connectivity index (χ2v) is 8.48. The Hall–Kier alpha value is -0.950. The van der Waals surface area contributed by atoms with Crippen LogP contribution in [0.5, 0.6) is 0 Å². The lowest BCUT2D eigenvalue weighted by molar-refractivity contribution is -0.454. The predicted octanol–water partition coefficient (Wildman–Crippen LogP) is 4.71. The number of ether oxygens (including phenoxy) is 4. The number of methoxy groups -OCH3 is 1. The van der Waals surface area contributed by atoms with Crippen molar-refractivity contribution in [3.8, 4) is 12.3 Å². The van der Waals surface area contributed by atoms with Gasteiger partial charge in [-0.2, -0.15) is 17.6 Å². The Balaban J connectivity index is 2.63. The van der Waals surface area contributed by atoms with E-state index in [1.807, 2.05) is 13.8 Å². The summed E-state index contributed by atoms with van der Waals surface area (Å²) in [6, 6.07) is 0. The van der Waals surface area contributed by atoms with Crippen molar-refractivity contribution in [1.82, 2.24) is 0 Å². The number of hydrogen-bond donors (Lipinski definition) is 0. The van der Waals surface area contributed by atoms with E-state index >= 15 is 0 Å². The summed E-state index contributed by atoms with van der Waals surface area (Å²) in [7, 11) is 0.449. The largest absolute Gasteiger partial charge is 0.422 e. The summed E-state index contributed by atoms with van der Waals surface area (Å²) in [5.74, 6) is -4.86. The number of terminal acetylenes is 1. The lowest BCUT2D eigenvalue weighted by atomic mass is 9.79. The molecule has 1 heterocycles. The van der Waals surface area contributed by atoms with Crippen LogP contribution in [0, 0.1) is 12.3 Å². The fourth-order valence-corrected chi connectivity index (χ4v) is 3.18. The van der Waals surface area contributed by atoms with Crippen molar-refractivity contribution in [2.75, 3.05) is 20.3 Å². The number of halogens is 5. The third-order valence-corrected chi connectivity index (χ3v) is 4.73. The first kappa shape index (κ1) is 25.1. The molecular weight excluding hydrogens is 387 g/mol. The van der Waals surface area contributed by atoms with Crippen LogP contribution in [0.25, 0.3) is 0 Å². The molecule has 1 aliphatic rings. The van der Waals surface area contributed by atoms with Gasteiger partial charge in [0.2, 0.25) is 5.85 Å². The Kier molecular flexibility index (Phi) is 7.22. The first-order chi connectivity index (χ1) is 12.4. The van der Waals surface area contributed by atoms with Crippen LogP contribution >= 0.6 is 0 Å². The zero-order valence-electron chi connectivity index (χ0n) is 17.1. The first-order valence-corrected chi connectivity index (χ1v) is 8.86. The molecule has 1 fully saturated rings. The number of hydrogen-bond acceptors (Lipinski definition) is 4. The minimum atomic E-state index is -4.78. The number of alkyl halides is 5.